The summed E-state index contributed by atoms with van der Waals surface area (Å²) >= 11 is 0. The molecule has 1 aliphatic heterocycles. The van der Waals surface area contributed by atoms with Crippen LogP contribution in [0.5, 0.6) is 0 Å². The monoisotopic (exact) mass is 334 g/mol. The highest BCUT2D eigenvalue weighted by Gasteiger charge is 2.39. The molecule has 4 rings (SSSR count). The van der Waals surface area contributed by atoms with E-state index in [4.69, 9.17) is 4.84 Å². The third kappa shape index (κ3) is 2.45. The molecule has 3 aromatic rings. The van der Waals surface area contributed by atoms with E-state index in [2.05, 4.69) is 10.2 Å². The maximum absolute atomic E-state index is 12.2. The predicted octanol–water partition coefficient (Wildman–Crippen LogP) is 1.64. The smallest absolute Gasteiger partial charge is 0.322 e. The van der Waals surface area contributed by atoms with E-state index >= 15 is 0 Å². The highest BCUT2D eigenvalue weighted by atomic mass is 16.7. The highest BCUT2D eigenvalue weighted by Crippen LogP contribution is 2.23. The molecule has 2 amide bonds. The number of fused-ring (bicyclic) bond motifs is 1. The molecule has 0 fully saturated rings. The van der Waals surface area contributed by atoms with E-state index in [0.29, 0.717) is 10.8 Å². The van der Waals surface area contributed by atoms with Gasteiger partial charge in [-0.05, 0) is 24.3 Å². The van der Waals surface area contributed by atoms with E-state index in [1.54, 1.807) is 36.4 Å². The van der Waals surface area contributed by atoms with Crippen LogP contribution in [0, 0.1) is 0 Å². The predicted molar refractivity (Wildman–Crippen MR) is 83.7 cm³/mol. The Kier molecular flexibility index (Phi) is 3.35. The lowest BCUT2D eigenvalue weighted by Gasteiger charge is -2.11. The number of amides is 2. The number of nitrogens with zero attached hydrogens (tertiary/aromatic N) is 4. The number of benzene rings is 2. The van der Waals surface area contributed by atoms with Crippen molar-refractivity contribution in [3.63, 3.8) is 0 Å². The molecule has 0 spiro atoms. The third-order valence-electron chi connectivity index (χ3n) is 3.62. The lowest BCUT2D eigenvalue weighted by Crippen LogP contribution is -2.32. The fraction of sp³-hybridized carbons (Fsp3) is 0. The van der Waals surface area contributed by atoms with Crippen molar-refractivity contribution in [2.75, 3.05) is 0 Å². The minimum Gasteiger partial charge on any atom is -0.322 e. The molecule has 0 radical (unpaired) electrons. The molecule has 0 unspecified atom stereocenters. The van der Waals surface area contributed by atoms with Gasteiger partial charge in [0.15, 0.2) is 5.69 Å². The standard InChI is InChI=1S/C17H10N4O4/c22-15-12-8-4-5-9-13(12)16(23)20(15)25-17(24)14-10-18-21(19-14)11-6-2-1-3-7-11/h1-10H. The SMILES string of the molecule is O=C(ON1C(=O)c2ccccc2C1=O)c1cnn(-c2ccccc2)n1. The van der Waals surface area contributed by atoms with E-state index in [0.717, 1.165) is 0 Å². The van der Waals surface area contributed by atoms with Gasteiger partial charge in [-0.15, -0.1) is 5.10 Å². The van der Waals surface area contributed by atoms with Gasteiger partial charge >= 0.3 is 5.97 Å². The first kappa shape index (κ1) is 14.8. The Balaban J connectivity index is 1.55. The number of rotatable bonds is 3. The summed E-state index contributed by atoms with van der Waals surface area (Å²) in [6.45, 7) is 0. The maximum atomic E-state index is 12.2. The molecule has 0 N–H and O–H groups in total. The van der Waals surface area contributed by atoms with Gasteiger partial charge in [0.25, 0.3) is 11.8 Å². The Hall–Kier alpha value is -3.81. The molecule has 0 bridgehead atoms. The van der Waals surface area contributed by atoms with E-state index in [-0.39, 0.29) is 16.8 Å². The third-order valence-corrected chi connectivity index (χ3v) is 3.62. The molecule has 122 valence electrons. The van der Waals surface area contributed by atoms with Crippen LogP contribution in [0.25, 0.3) is 5.69 Å². The van der Waals surface area contributed by atoms with E-state index in [1.807, 2.05) is 6.07 Å². The van der Waals surface area contributed by atoms with Gasteiger partial charge in [0.05, 0.1) is 23.0 Å². The van der Waals surface area contributed by atoms with Gasteiger partial charge < -0.3 is 4.84 Å². The van der Waals surface area contributed by atoms with Crippen LogP contribution in [0.4, 0.5) is 0 Å². The quantitative estimate of drug-likeness (QED) is 0.676. The Morgan fingerprint density at radius 2 is 1.48 bits per heavy atom. The normalized spacial score (nSPS) is 13.0. The largest absolute Gasteiger partial charge is 0.385 e. The summed E-state index contributed by atoms with van der Waals surface area (Å²) in [5.41, 5.74) is 0.907. The first-order valence-corrected chi connectivity index (χ1v) is 7.33. The molecule has 0 saturated carbocycles. The Morgan fingerprint density at radius 3 is 2.12 bits per heavy atom. The molecular weight excluding hydrogens is 324 g/mol. The van der Waals surface area contributed by atoms with Crippen molar-refractivity contribution in [1.29, 1.82) is 0 Å². The summed E-state index contributed by atoms with van der Waals surface area (Å²) in [5, 5.41) is 8.42. The van der Waals surface area contributed by atoms with Crippen LogP contribution >= 0.6 is 0 Å². The Labute approximate surface area is 141 Å². The molecular formula is C17H10N4O4. The molecule has 1 aliphatic rings. The van der Waals surface area contributed by atoms with Crippen LogP contribution in [-0.2, 0) is 4.84 Å². The second-order valence-corrected chi connectivity index (χ2v) is 5.18. The number of para-hydroxylation sites is 1. The summed E-state index contributed by atoms with van der Waals surface area (Å²) in [6.07, 6.45) is 1.20. The topological polar surface area (TPSA) is 94.4 Å². The van der Waals surface area contributed by atoms with Gasteiger partial charge in [-0.3, -0.25) is 9.59 Å². The van der Waals surface area contributed by atoms with Crippen molar-refractivity contribution >= 4 is 17.8 Å². The number of hydrogen-bond acceptors (Lipinski definition) is 6. The van der Waals surface area contributed by atoms with Crippen molar-refractivity contribution in [1.82, 2.24) is 20.1 Å². The lowest BCUT2D eigenvalue weighted by atomic mass is 10.1. The van der Waals surface area contributed by atoms with E-state index in [9.17, 15) is 14.4 Å². The minimum absolute atomic E-state index is 0.125. The van der Waals surface area contributed by atoms with Crippen LogP contribution in [0.15, 0.2) is 60.8 Å². The summed E-state index contributed by atoms with van der Waals surface area (Å²) in [6, 6.07) is 15.2. The summed E-state index contributed by atoms with van der Waals surface area (Å²) < 4.78 is 0. The van der Waals surface area contributed by atoms with Crippen LogP contribution in [0.3, 0.4) is 0 Å². The number of carbonyl (C=O) groups excluding carboxylic acids is 3. The molecule has 2 aromatic carbocycles. The molecule has 0 aliphatic carbocycles. The average molecular weight is 334 g/mol. The highest BCUT2D eigenvalue weighted by molar-refractivity contribution is 6.21. The molecule has 0 atom stereocenters. The average Bonchev–Trinajstić information content (AvgIpc) is 3.23. The maximum Gasteiger partial charge on any atom is 0.385 e. The zero-order chi connectivity index (χ0) is 17.4. The summed E-state index contributed by atoms with van der Waals surface area (Å²) in [7, 11) is 0. The van der Waals surface area contributed by atoms with Crippen LogP contribution in [0.1, 0.15) is 31.2 Å². The van der Waals surface area contributed by atoms with Crippen molar-refractivity contribution in [2.45, 2.75) is 0 Å². The second-order valence-electron chi connectivity index (χ2n) is 5.18. The summed E-state index contributed by atoms with van der Waals surface area (Å²) in [5.74, 6) is -2.33. The summed E-state index contributed by atoms with van der Waals surface area (Å²) in [4.78, 5) is 42.8. The Bertz CT molecular complexity index is 962. The zero-order valence-electron chi connectivity index (χ0n) is 12.7. The lowest BCUT2D eigenvalue weighted by molar-refractivity contribution is -0.0588. The molecule has 2 heterocycles. The van der Waals surface area contributed by atoms with Crippen molar-refractivity contribution in [2.24, 2.45) is 0 Å². The first-order valence-electron chi connectivity index (χ1n) is 7.33. The van der Waals surface area contributed by atoms with Crippen LogP contribution in [-0.4, -0.2) is 37.8 Å². The van der Waals surface area contributed by atoms with Gasteiger partial charge in [-0.2, -0.15) is 9.90 Å². The Morgan fingerprint density at radius 1 is 0.880 bits per heavy atom. The molecule has 25 heavy (non-hydrogen) atoms. The molecule has 1 aromatic heterocycles. The molecule has 8 heteroatoms. The second kappa shape index (κ2) is 5.68. The number of hydrogen-bond donors (Lipinski definition) is 0. The van der Waals surface area contributed by atoms with E-state index < -0.39 is 17.8 Å². The van der Waals surface area contributed by atoms with Gasteiger partial charge in [0, 0.05) is 0 Å². The van der Waals surface area contributed by atoms with Crippen LogP contribution < -0.4 is 0 Å². The van der Waals surface area contributed by atoms with Crippen molar-refractivity contribution in [3.05, 3.63) is 77.6 Å². The number of imide groups is 1. The minimum atomic E-state index is -0.948. The molecule has 8 nitrogen and oxygen atoms in total. The van der Waals surface area contributed by atoms with Crippen molar-refractivity contribution in [3.8, 4) is 5.69 Å². The first-order chi connectivity index (χ1) is 12.1. The van der Waals surface area contributed by atoms with E-state index in [1.165, 1.54) is 23.1 Å². The fourth-order valence-electron chi connectivity index (χ4n) is 2.42. The molecule has 0 saturated heterocycles. The van der Waals surface area contributed by atoms with Crippen molar-refractivity contribution < 1.29 is 19.2 Å². The number of hydroxylamine groups is 2. The van der Waals surface area contributed by atoms with Gasteiger partial charge in [0.2, 0.25) is 0 Å². The fourth-order valence-corrected chi connectivity index (χ4v) is 2.42. The number of carbonyl (C=O) groups is 3. The van der Waals surface area contributed by atoms with Gasteiger partial charge in [-0.25, -0.2) is 4.79 Å². The number of aromatic nitrogens is 3. The van der Waals surface area contributed by atoms with Crippen LogP contribution in [0.2, 0.25) is 0 Å². The van der Waals surface area contributed by atoms with Gasteiger partial charge in [-0.1, -0.05) is 35.4 Å². The van der Waals surface area contributed by atoms with Gasteiger partial charge in [0.1, 0.15) is 0 Å². The zero-order valence-corrected chi connectivity index (χ0v) is 12.7.